The molecule has 3 rings (SSSR count). The quantitative estimate of drug-likeness (QED) is 0.486. The number of sulfonamides is 1. The highest BCUT2D eigenvalue weighted by molar-refractivity contribution is 7.92. The molecule has 0 atom stereocenters. The first-order valence-electron chi connectivity index (χ1n) is 10.7. The molecule has 0 unspecified atom stereocenters. The van der Waals surface area contributed by atoms with Crippen LogP contribution in [-0.4, -0.2) is 27.4 Å². The molecule has 0 aliphatic rings. The molecule has 0 aromatic heterocycles. The van der Waals surface area contributed by atoms with Gasteiger partial charge in [0.15, 0.2) is 0 Å². The maximum absolute atomic E-state index is 13.4. The fraction of sp³-hybridized carbons (Fsp3) is 0.269. The predicted octanol–water partition coefficient (Wildman–Crippen LogP) is 4.56. The molecule has 3 aromatic rings. The number of rotatable bonds is 9. The first-order chi connectivity index (χ1) is 15.3. The van der Waals surface area contributed by atoms with Crippen molar-refractivity contribution < 1.29 is 13.2 Å². The van der Waals surface area contributed by atoms with Crippen LogP contribution in [0.25, 0.3) is 0 Å². The smallest absolute Gasteiger partial charge is 0.264 e. The van der Waals surface area contributed by atoms with Crippen molar-refractivity contribution in [2.24, 2.45) is 0 Å². The maximum Gasteiger partial charge on any atom is 0.264 e. The van der Waals surface area contributed by atoms with Gasteiger partial charge in [0.2, 0.25) is 5.91 Å². The predicted molar refractivity (Wildman–Crippen MR) is 129 cm³/mol. The monoisotopic (exact) mass is 450 g/mol. The summed E-state index contributed by atoms with van der Waals surface area (Å²) in [4.78, 5) is 12.9. The Morgan fingerprint density at radius 3 is 2.22 bits per heavy atom. The zero-order chi connectivity index (χ0) is 23.1. The minimum Gasteiger partial charge on any atom is -0.355 e. The number of benzene rings is 3. The van der Waals surface area contributed by atoms with Gasteiger partial charge in [0.25, 0.3) is 10.0 Å². The van der Waals surface area contributed by atoms with Crippen LogP contribution in [0, 0.1) is 20.8 Å². The molecular weight excluding hydrogens is 420 g/mol. The highest BCUT2D eigenvalue weighted by atomic mass is 32.2. The van der Waals surface area contributed by atoms with Gasteiger partial charge >= 0.3 is 0 Å². The first kappa shape index (κ1) is 23.5. The third kappa shape index (κ3) is 5.98. The Labute approximate surface area is 191 Å². The van der Waals surface area contributed by atoms with E-state index in [1.165, 1.54) is 15.4 Å². The average molecular weight is 451 g/mol. The SMILES string of the molecule is Cc1ccc(CCCNC(=O)CN(c2ccc(C)c(C)c2)S(=O)(=O)c2ccccc2)cc1. The van der Waals surface area contributed by atoms with Crippen LogP contribution in [0.5, 0.6) is 0 Å². The van der Waals surface area contributed by atoms with Crippen LogP contribution >= 0.6 is 0 Å². The van der Waals surface area contributed by atoms with Crippen LogP contribution in [0.2, 0.25) is 0 Å². The molecule has 0 fully saturated rings. The van der Waals surface area contributed by atoms with Gasteiger partial charge in [-0.3, -0.25) is 9.10 Å². The summed E-state index contributed by atoms with van der Waals surface area (Å²) in [5.74, 6) is -0.327. The Kier molecular flexibility index (Phi) is 7.70. The van der Waals surface area contributed by atoms with Gasteiger partial charge in [-0.2, -0.15) is 0 Å². The van der Waals surface area contributed by atoms with Crippen molar-refractivity contribution >= 4 is 21.6 Å². The van der Waals surface area contributed by atoms with Crippen molar-refractivity contribution in [2.45, 2.75) is 38.5 Å². The molecule has 0 bridgehead atoms. The summed E-state index contributed by atoms with van der Waals surface area (Å²) in [6, 6.07) is 22.0. The van der Waals surface area contributed by atoms with Crippen LogP contribution in [-0.2, 0) is 21.2 Å². The fourth-order valence-electron chi connectivity index (χ4n) is 3.38. The van der Waals surface area contributed by atoms with Crippen molar-refractivity contribution in [1.29, 1.82) is 0 Å². The molecule has 0 aliphatic carbocycles. The number of carbonyl (C=O) groups excluding carboxylic acids is 1. The summed E-state index contributed by atoms with van der Waals surface area (Å²) in [7, 11) is -3.88. The lowest BCUT2D eigenvalue weighted by molar-refractivity contribution is -0.119. The zero-order valence-corrected chi connectivity index (χ0v) is 19.7. The highest BCUT2D eigenvalue weighted by Gasteiger charge is 2.27. The molecule has 0 radical (unpaired) electrons. The van der Waals surface area contributed by atoms with E-state index in [0.717, 1.165) is 24.0 Å². The number of nitrogens with one attached hydrogen (secondary N) is 1. The van der Waals surface area contributed by atoms with Crippen molar-refractivity contribution in [2.75, 3.05) is 17.4 Å². The van der Waals surface area contributed by atoms with Crippen LogP contribution in [0.1, 0.15) is 28.7 Å². The van der Waals surface area contributed by atoms with Crippen LogP contribution < -0.4 is 9.62 Å². The fourth-order valence-corrected chi connectivity index (χ4v) is 4.81. The van der Waals surface area contributed by atoms with Gasteiger partial charge in [-0.25, -0.2) is 8.42 Å². The van der Waals surface area contributed by atoms with Crippen molar-refractivity contribution in [3.63, 3.8) is 0 Å². The molecule has 3 aromatic carbocycles. The summed E-state index contributed by atoms with van der Waals surface area (Å²) in [6.45, 7) is 6.16. The van der Waals surface area contributed by atoms with Gasteiger partial charge in [0.1, 0.15) is 6.54 Å². The second-order valence-electron chi connectivity index (χ2n) is 8.03. The van der Waals surface area contributed by atoms with E-state index < -0.39 is 10.0 Å². The minimum absolute atomic E-state index is 0.158. The van der Waals surface area contributed by atoms with E-state index >= 15 is 0 Å². The van der Waals surface area contributed by atoms with Gasteiger partial charge in [-0.1, -0.05) is 54.1 Å². The number of amides is 1. The van der Waals surface area contributed by atoms with Crippen LogP contribution in [0.4, 0.5) is 5.69 Å². The summed E-state index contributed by atoms with van der Waals surface area (Å²) in [5, 5.41) is 2.87. The molecule has 32 heavy (non-hydrogen) atoms. The molecule has 0 aliphatic heterocycles. The molecule has 0 saturated carbocycles. The molecule has 5 nitrogen and oxygen atoms in total. The molecule has 168 valence electrons. The number of anilines is 1. The molecule has 0 spiro atoms. The van der Waals surface area contributed by atoms with E-state index in [0.29, 0.717) is 12.2 Å². The minimum atomic E-state index is -3.88. The third-order valence-electron chi connectivity index (χ3n) is 5.48. The van der Waals surface area contributed by atoms with E-state index in [2.05, 4.69) is 36.5 Å². The number of carbonyl (C=O) groups is 1. The second-order valence-corrected chi connectivity index (χ2v) is 9.89. The lowest BCUT2D eigenvalue weighted by Gasteiger charge is -2.25. The third-order valence-corrected chi connectivity index (χ3v) is 7.27. The lowest BCUT2D eigenvalue weighted by atomic mass is 10.1. The molecular formula is C26H30N2O3S. The average Bonchev–Trinajstić information content (AvgIpc) is 2.79. The molecule has 6 heteroatoms. The lowest BCUT2D eigenvalue weighted by Crippen LogP contribution is -2.41. The largest absolute Gasteiger partial charge is 0.355 e. The van der Waals surface area contributed by atoms with Crippen LogP contribution in [0.15, 0.2) is 77.7 Å². The topological polar surface area (TPSA) is 66.5 Å². The Balaban J connectivity index is 1.71. The van der Waals surface area contributed by atoms with Crippen molar-refractivity contribution in [1.82, 2.24) is 5.32 Å². The normalized spacial score (nSPS) is 11.2. The van der Waals surface area contributed by atoms with E-state index in [1.807, 2.05) is 19.9 Å². The molecule has 1 N–H and O–H groups in total. The van der Waals surface area contributed by atoms with E-state index in [1.54, 1.807) is 42.5 Å². The van der Waals surface area contributed by atoms with E-state index in [-0.39, 0.29) is 17.3 Å². The van der Waals surface area contributed by atoms with E-state index in [4.69, 9.17) is 0 Å². The highest BCUT2D eigenvalue weighted by Crippen LogP contribution is 2.25. The molecule has 0 saturated heterocycles. The van der Waals surface area contributed by atoms with Gasteiger partial charge < -0.3 is 5.32 Å². The Bertz CT molecular complexity index is 1160. The first-order valence-corrected chi connectivity index (χ1v) is 12.2. The van der Waals surface area contributed by atoms with Gasteiger partial charge in [-0.05, 0) is 74.6 Å². The number of nitrogens with zero attached hydrogens (tertiary/aromatic N) is 1. The summed E-state index contributed by atoms with van der Waals surface area (Å²) in [5.41, 5.74) is 4.94. The van der Waals surface area contributed by atoms with Crippen molar-refractivity contribution in [3.8, 4) is 0 Å². The maximum atomic E-state index is 13.4. The van der Waals surface area contributed by atoms with E-state index in [9.17, 15) is 13.2 Å². The summed E-state index contributed by atoms with van der Waals surface area (Å²) < 4.78 is 27.9. The van der Waals surface area contributed by atoms with Gasteiger partial charge in [0.05, 0.1) is 10.6 Å². The number of hydrogen-bond acceptors (Lipinski definition) is 3. The van der Waals surface area contributed by atoms with Crippen LogP contribution in [0.3, 0.4) is 0 Å². The Morgan fingerprint density at radius 2 is 1.56 bits per heavy atom. The standard InChI is InChI=1S/C26H30N2O3S/c1-20-11-14-23(15-12-20)8-7-17-27-26(29)19-28(24-16-13-21(2)22(3)18-24)32(30,31)25-9-5-4-6-10-25/h4-6,9-16,18H,7-8,17,19H2,1-3H3,(H,27,29). The zero-order valence-electron chi connectivity index (χ0n) is 18.8. The van der Waals surface area contributed by atoms with Gasteiger partial charge in [0, 0.05) is 6.54 Å². The number of hydrogen-bond donors (Lipinski definition) is 1. The number of aryl methyl sites for hydroxylation is 4. The second kappa shape index (κ2) is 10.5. The Hall–Kier alpha value is -3.12. The summed E-state index contributed by atoms with van der Waals surface area (Å²) in [6.07, 6.45) is 1.63. The molecule has 0 heterocycles. The molecule has 1 amide bonds. The summed E-state index contributed by atoms with van der Waals surface area (Å²) >= 11 is 0. The Morgan fingerprint density at radius 1 is 0.875 bits per heavy atom. The van der Waals surface area contributed by atoms with Crippen molar-refractivity contribution in [3.05, 3.63) is 95.1 Å². The van der Waals surface area contributed by atoms with Gasteiger partial charge in [-0.15, -0.1) is 0 Å².